The average Bonchev–Trinajstić information content (AvgIpc) is 3.53. The van der Waals surface area contributed by atoms with Crippen LogP contribution in [0.5, 0.6) is 0 Å². The van der Waals surface area contributed by atoms with Crippen LogP contribution in [0.25, 0.3) is 11.0 Å². The van der Waals surface area contributed by atoms with Gasteiger partial charge in [-0.25, -0.2) is 17.6 Å². The van der Waals surface area contributed by atoms with Gasteiger partial charge in [0.15, 0.2) is 11.4 Å². The SMILES string of the molecule is O=C1CCC(N2Cc3cc(CN4CCC(N5CCN(c6noc7cc(F)ccc67)CC5)C(F)(F)C4)c(F)cc3C2=O)C(=O)N1. The number of alkyl halides is 2. The molecule has 0 bridgehead atoms. The van der Waals surface area contributed by atoms with Crippen LogP contribution in [-0.2, 0) is 22.7 Å². The van der Waals surface area contributed by atoms with Crippen LogP contribution in [0.4, 0.5) is 23.4 Å². The average molecular weight is 615 g/mol. The molecule has 2 atom stereocenters. The van der Waals surface area contributed by atoms with Crippen LogP contribution >= 0.6 is 0 Å². The van der Waals surface area contributed by atoms with Crippen LogP contribution in [0, 0.1) is 11.6 Å². The number of amides is 3. The van der Waals surface area contributed by atoms with Crippen LogP contribution in [0.1, 0.15) is 40.7 Å². The zero-order valence-corrected chi connectivity index (χ0v) is 23.7. The maximum atomic E-state index is 15.5. The summed E-state index contributed by atoms with van der Waals surface area (Å²) in [5, 5.41) is 6.98. The van der Waals surface area contributed by atoms with Gasteiger partial charge in [-0.1, -0.05) is 5.16 Å². The molecule has 3 amide bonds. The summed E-state index contributed by atoms with van der Waals surface area (Å²) >= 11 is 0. The van der Waals surface area contributed by atoms with E-state index in [-0.39, 0.29) is 43.5 Å². The third-order valence-corrected chi connectivity index (χ3v) is 9.19. The van der Waals surface area contributed by atoms with Crippen molar-refractivity contribution in [3.63, 3.8) is 0 Å². The van der Waals surface area contributed by atoms with Crippen molar-refractivity contribution in [2.75, 3.05) is 44.2 Å². The summed E-state index contributed by atoms with van der Waals surface area (Å²) < 4.78 is 65.0. The number of benzene rings is 2. The molecule has 2 aromatic carbocycles. The highest BCUT2D eigenvalue weighted by Crippen LogP contribution is 2.35. The van der Waals surface area contributed by atoms with Gasteiger partial charge in [-0.15, -0.1) is 0 Å². The molecule has 1 N–H and O–H groups in total. The molecule has 10 nitrogen and oxygen atoms in total. The van der Waals surface area contributed by atoms with Crippen molar-refractivity contribution in [1.82, 2.24) is 25.2 Å². The van der Waals surface area contributed by atoms with Crippen molar-refractivity contribution in [1.29, 1.82) is 0 Å². The minimum atomic E-state index is -3.04. The third-order valence-electron chi connectivity index (χ3n) is 9.19. The van der Waals surface area contributed by atoms with E-state index in [1.807, 2.05) is 4.90 Å². The number of aromatic nitrogens is 1. The highest BCUT2D eigenvalue weighted by molar-refractivity contribution is 6.05. The molecule has 0 spiro atoms. The summed E-state index contributed by atoms with van der Waals surface area (Å²) in [6, 6.07) is 5.06. The van der Waals surface area contributed by atoms with E-state index in [0.29, 0.717) is 55.1 Å². The smallest absolute Gasteiger partial charge is 0.275 e. The molecule has 2 unspecified atom stereocenters. The first-order chi connectivity index (χ1) is 21.1. The normalized spacial score (nSPS) is 24.7. The number of hydrogen-bond acceptors (Lipinski definition) is 8. The number of piperidine rings is 2. The van der Waals surface area contributed by atoms with E-state index in [1.54, 1.807) is 11.0 Å². The first-order valence-corrected chi connectivity index (χ1v) is 14.7. The summed E-state index contributed by atoms with van der Waals surface area (Å²) in [5.74, 6) is -5.00. The summed E-state index contributed by atoms with van der Waals surface area (Å²) in [7, 11) is 0. The van der Waals surface area contributed by atoms with Gasteiger partial charge in [0.2, 0.25) is 11.8 Å². The van der Waals surface area contributed by atoms with Gasteiger partial charge in [-0.2, -0.15) is 0 Å². The molecular formula is C30H30F4N6O4. The molecule has 5 heterocycles. The van der Waals surface area contributed by atoms with Crippen LogP contribution < -0.4 is 10.2 Å². The first kappa shape index (κ1) is 28.7. The van der Waals surface area contributed by atoms with Gasteiger partial charge >= 0.3 is 0 Å². The number of carbonyl (C=O) groups excluding carboxylic acids is 3. The lowest BCUT2D eigenvalue weighted by atomic mass is 9.97. The summed E-state index contributed by atoms with van der Waals surface area (Å²) in [6.45, 7) is 1.57. The van der Waals surface area contributed by atoms with E-state index in [2.05, 4.69) is 10.5 Å². The Hall–Kier alpha value is -4.04. The van der Waals surface area contributed by atoms with Crippen molar-refractivity contribution >= 4 is 34.5 Å². The number of anilines is 1. The van der Waals surface area contributed by atoms with Gasteiger partial charge in [0.25, 0.3) is 11.8 Å². The Bertz CT molecular complexity index is 1660. The Balaban J connectivity index is 0.979. The second-order valence-corrected chi connectivity index (χ2v) is 11.9. The Labute approximate surface area is 249 Å². The van der Waals surface area contributed by atoms with Crippen molar-refractivity contribution in [2.45, 2.75) is 50.4 Å². The number of nitrogens with zero attached hydrogens (tertiary/aromatic N) is 5. The Morgan fingerprint density at radius 1 is 1.00 bits per heavy atom. The fourth-order valence-electron chi connectivity index (χ4n) is 6.96. The second-order valence-electron chi connectivity index (χ2n) is 11.9. The molecule has 3 fully saturated rings. The van der Waals surface area contributed by atoms with Gasteiger partial charge in [0.05, 0.1) is 18.0 Å². The zero-order chi connectivity index (χ0) is 30.7. The Morgan fingerprint density at radius 2 is 1.80 bits per heavy atom. The van der Waals surface area contributed by atoms with Crippen LogP contribution in [0.15, 0.2) is 34.9 Å². The van der Waals surface area contributed by atoms with Crippen LogP contribution in [-0.4, -0.2) is 94.9 Å². The first-order valence-electron chi connectivity index (χ1n) is 14.7. The van der Waals surface area contributed by atoms with Crippen molar-refractivity contribution in [2.24, 2.45) is 0 Å². The number of likely N-dealkylation sites (tertiary alicyclic amines) is 1. The molecule has 4 aliphatic heterocycles. The molecule has 14 heteroatoms. The lowest BCUT2D eigenvalue weighted by Crippen LogP contribution is -2.61. The number of hydrogen-bond donors (Lipinski definition) is 1. The summed E-state index contributed by atoms with van der Waals surface area (Å²) in [4.78, 5) is 43.4. The van der Waals surface area contributed by atoms with E-state index in [9.17, 15) is 18.8 Å². The number of carbonyl (C=O) groups is 3. The predicted molar refractivity (Wildman–Crippen MR) is 149 cm³/mol. The highest BCUT2D eigenvalue weighted by atomic mass is 19.3. The molecular weight excluding hydrogens is 584 g/mol. The van der Waals surface area contributed by atoms with Crippen molar-refractivity contribution in [3.8, 4) is 0 Å². The maximum Gasteiger partial charge on any atom is 0.275 e. The van der Waals surface area contributed by atoms with Gasteiger partial charge in [0, 0.05) is 69.4 Å². The van der Waals surface area contributed by atoms with Crippen molar-refractivity contribution < 1.29 is 36.5 Å². The van der Waals surface area contributed by atoms with E-state index in [4.69, 9.17) is 4.52 Å². The molecule has 3 aromatic rings. The third kappa shape index (κ3) is 5.09. The van der Waals surface area contributed by atoms with E-state index >= 15 is 13.2 Å². The van der Waals surface area contributed by atoms with Crippen molar-refractivity contribution in [3.05, 3.63) is 58.7 Å². The molecule has 1 aromatic heterocycles. The monoisotopic (exact) mass is 614 g/mol. The summed E-state index contributed by atoms with van der Waals surface area (Å²) in [5.41, 5.74) is 1.22. The minimum absolute atomic E-state index is 0.0400. The Kier molecular flexibility index (Phi) is 7.08. The van der Waals surface area contributed by atoms with Crippen LogP contribution in [0.2, 0.25) is 0 Å². The summed E-state index contributed by atoms with van der Waals surface area (Å²) in [6.07, 6.45) is 0.502. The fourth-order valence-corrected chi connectivity index (χ4v) is 6.96. The molecule has 7 rings (SSSR count). The predicted octanol–water partition coefficient (Wildman–Crippen LogP) is 2.90. The number of fused-ring (bicyclic) bond motifs is 2. The lowest BCUT2D eigenvalue weighted by Gasteiger charge is -2.46. The number of nitrogens with one attached hydrogen (secondary N) is 1. The number of imide groups is 1. The zero-order valence-electron chi connectivity index (χ0n) is 23.7. The van der Waals surface area contributed by atoms with E-state index < -0.39 is 53.9 Å². The molecule has 0 radical (unpaired) electrons. The van der Waals surface area contributed by atoms with Gasteiger partial charge in [0.1, 0.15) is 17.7 Å². The quantitative estimate of drug-likeness (QED) is 0.346. The standard InChI is InChI=1S/C30H30F4N6O4/c31-19-1-2-20-24(12-19)44-36-27(20)39-9-7-38(8-10-39)25-5-6-37(16-30(25,33)34)14-18-11-17-15-40(29(43)21(17)13-22(18)32)23-3-4-26(41)35-28(23)42/h1-2,11-13,23,25H,3-10,14-16H2,(H,35,41,42). The van der Waals surface area contributed by atoms with E-state index in [0.717, 1.165) is 6.07 Å². The fraction of sp³-hybridized carbons (Fsp3) is 0.467. The lowest BCUT2D eigenvalue weighted by molar-refractivity contribution is -0.137. The van der Waals surface area contributed by atoms with Gasteiger partial charge < -0.3 is 14.3 Å². The minimum Gasteiger partial charge on any atom is -0.354 e. The topological polar surface area (TPSA) is 102 Å². The molecule has 0 saturated carbocycles. The molecule has 232 valence electrons. The molecule has 0 aliphatic carbocycles. The second kappa shape index (κ2) is 10.8. The Morgan fingerprint density at radius 3 is 2.55 bits per heavy atom. The number of rotatable bonds is 5. The number of piperazine rings is 1. The molecule has 3 saturated heterocycles. The highest BCUT2D eigenvalue weighted by Gasteiger charge is 2.48. The maximum absolute atomic E-state index is 15.5. The molecule has 44 heavy (non-hydrogen) atoms. The number of halogens is 4. The van der Waals surface area contributed by atoms with E-state index in [1.165, 1.54) is 28.0 Å². The largest absolute Gasteiger partial charge is 0.354 e. The van der Waals surface area contributed by atoms with Gasteiger partial charge in [-0.05, 0) is 42.7 Å². The molecule has 4 aliphatic rings. The van der Waals surface area contributed by atoms with Crippen LogP contribution in [0.3, 0.4) is 0 Å². The van der Waals surface area contributed by atoms with Gasteiger partial charge in [-0.3, -0.25) is 29.5 Å².